The first-order valence-corrected chi connectivity index (χ1v) is 18.1. The lowest BCUT2D eigenvalue weighted by Gasteiger charge is -2.47. The molecule has 214 valence electrons. The van der Waals surface area contributed by atoms with E-state index in [0.717, 1.165) is 12.6 Å². The van der Waals surface area contributed by atoms with Crippen LogP contribution >= 0.6 is 15.8 Å². The van der Waals surface area contributed by atoms with E-state index in [9.17, 15) is 5.11 Å². The third kappa shape index (κ3) is 6.39. The van der Waals surface area contributed by atoms with Crippen molar-refractivity contribution in [3.63, 3.8) is 0 Å². The van der Waals surface area contributed by atoms with Crippen molar-refractivity contribution in [2.45, 2.75) is 54.4 Å². The minimum absolute atomic E-state index is 0.0131. The Labute approximate surface area is 250 Å². The Hall–Kier alpha value is -2.30. The lowest BCUT2D eigenvalue weighted by molar-refractivity contribution is 0.0338. The topological polar surface area (TPSA) is 20.2 Å². The van der Waals surface area contributed by atoms with E-state index in [1.165, 1.54) is 56.1 Å². The molecule has 0 saturated heterocycles. The van der Waals surface area contributed by atoms with Crippen molar-refractivity contribution in [2.24, 2.45) is 16.7 Å². The molecule has 0 heterocycles. The van der Waals surface area contributed by atoms with Crippen LogP contribution in [0.15, 0.2) is 97.1 Å². The molecule has 4 aromatic carbocycles. The highest BCUT2D eigenvalue weighted by molar-refractivity contribution is 7.73. The van der Waals surface area contributed by atoms with E-state index >= 15 is 0 Å². The molecule has 3 atom stereocenters. The molecule has 1 nitrogen and oxygen atoms in total. The van der Waals surface area contributed by atoms with Crippen LogP contribution < -0.4 is 21.2 Å². The number of benzene rings is 4. The Bertz CT molecular complexity index is 1340. The van der Waals surface area contributed by atoms with Crippen LogP contribution in [0.3, 0.4) is 0 Å². The summed E-state index contributed by atoms with van der Waals surface area (Å²) in [5, 5.41) is 16.8. The fourth-order valence-corrected chi connectivity index (χ4v) is 12.3. The molecule has 0 aromatic heterocycles. The molecule has 0 radical (unpaired) electrons. The molecular formula is C38H46OP2. The standard InChI is InChI=1S/C38H46OP2/c1-28-7-15-33(16-8-28)40(34-17-9-29(2)10-18-34)25-32-23-24-37(5,26-39)38(32,6)27-41(35-19-11-30(3)12-20-35)36-21-13-31(4)14-22-36/h7-22,32,39H,23-27H2,1-6H3. The SMILES string of the molecule is Cc1ccc(P(CC2CCC(C)(CO)C2(C)CP(c2ccc(C)cc2)c2ccc(C)cc2)c2ccc(C)cc2)cc1. The Morgan fingerprint density at radius 3 is 1.27 bits per heavy atom. The number of hydrogen-bond donors (Lipinski definition) is 1. The molecule has 0 amide bonds. The van der Waals surface area contributed by atoms with Gasteiger partial charge in [-0.05, 0) is 107 Å². The summed E-state index contributed by atoms with van der Waals surface area (Å²) in [5.41, 5.74) is 5.15. The molecule has 1 N–H and O–H groups in total. The van der Waals surface area contributed by atoms with Crippen LogP contribution in [0.4, 0.5) is 0 Å². The monoisotopic (exact) mass is 580 g/mol. The minimum Gasteiger partial charge on any atom is -0.396 e. The third-order valence-corrected chi connectivity index (χ3v) is 15.4. The third-order valence-electron chi connectivity index (χ3n) is 9.95. The zero-order chi connectivity index (χ0) is 29.2. The van der Waals surface area contributed by atoms with Gasteiger partial charge >= 0.3 is 0 Å². The largest absolute Gasteiger partial charge is 0.396 e. The molecule has 1 aliphatic carbocycles. The molecule has 3 unspecified atom stereocenters. The van der Waals surface area contributed by atoms with Crippen LogP contribution in [0.2, 0.25) is 0 Å². The molecule has 0 spiro atoms. The number of hydrogen-bond acceptors (Lipinski definition) is 1. The van der Waals surface area contributed by atoms with Crippen molar-refractivity contribution < 1.29 is 5.11 Å². The highest BCUT2D eigenvalue weighted by Crippen LogP contribution is 2.62. The molecule has 3 heteroatoms. The summed E-state index contributed by atoms with van der Waals surface area (Å²) in [4.78, 5) is 0. The van der Waals surface area contributed by atoms with Gasteiger partial charge in [-0.25, -0.2) is 0 Å². The summed E-state index contributed by atoms with van der Waals surface area (Å²) in [6.07, 6.45) is 4.52. The van der Waals surface area contributed by atoms with Crippen LogP contribution in [-0.2, 0) is 0 Å². The van der Waals surface area contributed by atoms with Gasteiger partial charge in [-0.15, -0.1) is 0 Å². The van der Waals surface area contributed by atoms with Crippen molar-refractivity contribution in [1.82, 2.24) is 0 Å². The number of aliphatic hydroxyl groups excluding tert-OH is 1. The van der Waals surface area contributed by atoms with Gasteiger partial charge in [0.05, 0.1) is 0 Å². The summed E-state index contributed by atoms with van der Waals surface area (Å²) in [7, 11) is -1.08. The van der Waals surface area contributed by atoms with E-state index in [4.69, 9.17) is 0 Å². The second kappa shape index (κ2) is 12.5. The van der Waals surface area contributed by atoms with Gasteiger partial charge in [0.25, 0.3) is 0 Å². The summed E-state index contributed by atoms with van der Waals surface area (Å²) >= 11 is 0. The number of rotatable bonds is 9. The van der Waals surface area contributed by atoms with E-state index in [1.807, 2.05) is 0 Å². The van der Waals surface area contributed by atoms with Crippen molar-refractivity contribution in [1.29, 1.82) is 0 Å². The summed E-state index contributed by atoms with van der Waals surface area (Å²) in [6.45, 7) is 13.8. The molecular weight excluding hydrogens is 534 g/mol. The first-order valence-electron chi connectivity index (χ1n) is 15.0. The van der Waals surface area contributed by atoms with Gasteiger partial charge in [0, 0.05) is 6.61 Å². The van der Waals surface area contributed by atoms with E-state index in [2.05, 4.69) is 139 Å². The summed E-state index contributed by atoms with van der Waals surface area (Å²) < 4.78 is 0. The van der Waals surface area contributed by atoms with Gasteiger partial charge in [0.1, 0.15) is 0 Å². The van der Waals surface area contributed by atoms with E-state index in [1.54, 1.807) is 0 Å². The highest BCUT2D eigenvalue weighted by Gasteiger charge is 2.55. The Morgan fingerprint density at radius 1 is 0.585 bits per heavy atom. The molecule has 0 bridgehead atoms. The molecule has 1 fully saturated rings. The fourth-order valence-electron chi connectivity index (χ4n) is 6.60. The predicted octanol–water partition coefficient (Wildman–Crippen LogP) is 7.90. The maximum absolute atomic E-state index is 10.9. The Balaban J connectivity index is 1.56. The van der Waals surface area contributed by atoms with Gasteiger partial charge in [-0.2, -0.15) is 0 Å². The lowest BCUT2D eigenvalue weighted by atomic mass is 9.66. The molecule has 0 aliphatic heterocycles. The maximum atomic E-state index is 10.9. The predicted molar refractivity (Wildman–Crippen MR) is 183 cm³/mol. The van der Waals surface area contributed by atoms with Crippen molar-refractivity contribution in [2.75, 3.05) is 18.9 Å². The summed E-state index contributed by atoms with van der Waals surface area (Å²) in [5.74, 6) is 0.536. The highest BCUT2D eigenvalue weighted by atomic mass is 31.1. The van der Waals surface area contributed by atoms with Crippen LogP contribution in [0, 0.1) is 44.4 Å². The van der Waals surface area contributed by atoms with Gasteiger partial charge in [0.15, 0.2) is 0 Å². The van der Waals surface area contributed by atoms with Crippen molar-refractivity contribution in [3.05, 3.63) is 119 Å². The Kier molecular flexibility index (Phi) is 9.21. The molecule has 4 aromatic rings. The van der Waals surface area contributed by atoms with Gasteiger partial charge in [0.2, 0.25) is 0 Å². The average molecular weight is 581 g/mol. The Morgan fingerprint density at radius 2 is 0.927 bits per heavy atom. The number of aliphatic hydroxyl groups is 1. The second-order valence-electron chi connectivity index (χ2n) is 12.9. The van der Waals surface area contributed by atoms with Crippen molar-refractivity contribution in [3.8, 4) is 0 Å². The zero-order valence-electron chi connectivity index (χ0n) is 25.7. The molecule has 5 rings (SSSR count). The van der Waals surface area contributed by atoms with E-state index in [0.29, 0.717) is 5.92 Å². The number of aryl methyl sites for hydroxylation is 4. The summed E-state index contributed by atoms with van der Waals surface area (Å²) in [6, 6.07) is 37.1. The van der Waals surface area contributed by atoms with Gasteiger partial charge < -0.3 is 5.11 Å². The minimum atomic E-state index is -0.572. The van der Waals surface area contributed by atoms with Crippen LogP contribution in [-0.4, -0.2) is 24.0 Å². The van der Waals surface area contributed by atoms with Crippen LogP contribution in [0.5, 0.6) is 0 Å². The van der Waals surface area contributed by atoms with E-state index in [-0.39, 0.29) is 17.4 Å². The van der Waals surface area contributed by atoms with Crippen LogP contribution in [0.25, 0.3) is 0 Å². The average Bonchev–Trinajstić information content (AvgIpc) is 3.22. The molecule has 41 heavy (non-hydrogen) atoms. The second-order valence-corrected chi connectivity index (χ2v) is 17.4. The molecule has 1 aliphatic rings. The van der Waals surface area contributed by atoms with Crippen molar-refractivity contribution >= 4 is 37.1 Å². The first kappa shape index (κ1) is 30.2. The zero-order valence-corrected chi connectivity index (χ0v) is 27.5. The normalized spacial score (nSPS) is 22.5. The fraction of sp³-hybridized carbons (Fsp3) is 0.368. The van der Waals surface area contributed by atoms with Gasteiger partial charge in [-0.1, -0.05) is 133 Å². The van der Waals surface area contributed by atoms with E-state index < -0.39 is 15.8 Å². The maximum Gasteiger partial charge on any atom is 0.0490 e. The molecule has 1 saturated carbocycles. The first-order chi connectivity index (χ1) is 19.6. The van der Waals surface area contributed by atoms with Gasteiger partial charge in [-0.3, -0.25) is 0 Å². The van der Waals surface area contributed by atoms with Crippen LogP contribution in [0.1, 0.15) is 48.9 Å². The lowest BCUT2D eigenvalue weighted by Crippen LogP contribution is -2.44. The smallest absolute Gasteiger partial charge is 0.0490 e. The quantitative estimate of drug-likeness (QED) is 0.200.